The second-order valence-electron chi connectivity index (χ2n) is 5.62. The molecule has 0 aromatic heterocycles. The minimum Gasteiger partial charge on any atom is -0.508 e. The number of hydrogen-bond acceptors (Lipinski definition) is 4. The van der Waals surface area contributed by atoms with E-state index in [1.165, 1.54) is 0 Å². The quantitative estimate of drug-likeness (QED) is 0.654. The maximum absolute atomic E-state index is 10.0. The number of rotatable bonds is 4. The fraction of sp³-hybridized carbons (Fsp3) is 0.571. The lowest BCUT2D eigenvalue weighted by atomic mass is 9.84. The largest absolute Gasteiger partial charge is 0.508 e. The van der Waals surface area contributed by atoms with Crippen LogP contribution in [0.2, 0.25) is 0 Å². The first-order valence-electron chi connectivity index (χ1n) is 6.17. The first kappa shape index (κ1) is 15.0. The van der Waals surface area contributed by atoms with E-state index in [1.54, 1.807) is 18.2 Å². The third kappa shape index (κ3) is 3.45. The summed E-state index contributed by atoms with van der Waals surface area (Å²) in [5, 5.41) is 29.6. The Balaban J connectivity index is 3.05. The van der Waals surface area contributed by atoms with Crippen LogP contribution >= 0.6 is 0 Å². The molecule has 0 saturated carbocycles. The molecule has 2 unspecified atom stereocenters. The highest BCUT2D eigenvalue weighted by Gasteiger charge is 2.22. The highest BCUT2D eigenvalue weighted by Crippen LogP contribution is 2.33. The van der Waals surface area contributed by atoms with E-state index in [-0.39, 0.29) is 11.2 Å². The van der Waals surface area contributed by atoms with E-state index in [1.807, 2.05) is 20.8 Å². The molecule has 1 rings (SSSR count). The molecule has 4 heteroatoms. The van der Waals surface area contributed by atoms with Crippen LogP contribution in [-0.2, 0) is 5.41 Å². The molecule has 0 spiro atoms. The van der Waals surface area contributed by atoms with Gasteiger partial charge >= 0.3 is 0 Å². The Hall–Kier alpha value is -1.10. The summed E-state index contributed by atoms with van der Waals surface area (Å²) >= 11 is 0. The predicted octanol–water partition coefficient (Wildman–Crippen LogP) is 1.43. The molecule has 0 aliphatic rings. The summed E-state index contributed by atoms with van der Waals surface area (Å²) < 4.78 is 0. The van der Waals surface area contributed by atoms with Crippen molar-refractivity contribution >= 4 is 0 Å². The standard InChI is InChI=1S/C14H23NO3/c1-14(2,3)10-8-9(4-5-11(10)16)13(18)12(17)6-7-15/h4-5,8,12-13,16-18H,6-7,15H2,1-3H3. The normalized spacial score (nSPS) is 15.4. The number of phenols is 1. The third-order valence-electron chi connectivity index (χ3n) is 3.00. The minimum atomic E-state index is -0.977. The zero-order valence-corrected chi connectivity index (χ0v) is 11.2. The number of hydrogen-bond donors (Lipinski definition) is 4. The Bertz CT molecular complexity index is 399. The number of nitrogens with two attached hydrogens (primary N) is 1. The second-order valence-corrected chi connectivity index (χ2v) is 5.62. The number of benzene rings is 1. The topological polar surface area (TPSA) is 86.7 Å². The number of aliphatic hydroxyl groups is 2. The Morgan fingerprint density at radius 3 is 2.33 bits per heavy atom. The van der Waals surface area contributed by atoms with Crippen LogP contribution in [-0.4, -0.2) is 28.0 Å². The van der Waals surface area contributed by atoms with Crippen molar-refractivity contribution in [3.05, 3.63) is 29.3 Å². The SMILES string of the molecule is CC(C)(C)c1cc(C(O)C(O)CCN)ccc1O. The van der Waals surface area contributed by atoms with E-state index in [9.17, 15) is 15.3 Å². The molecule has 0 radical (unpaired) electrons. The molecule has 4 nitrogen and oxygen atoms in total. The van der Waals surface area contributed by atoms with Gasteiger partial charge in [-0.1, -0.05) is 26.8 Å². The lowest BCUT2D eigenvalue weighted by molar-refractivity contribution is 0.0149. The van der Waals surface area contributed by atoms with Crippen molar-refractivity contribution in [2.75, 3.05) is 6.54 Å². The van der Waals surface area contributed by atoms with Crippen molar-refractivity contribution in [1.29, 1.82) is 0 Å². The van der Waals surface area contributed by atoms with Gasteiger partial charge in [0, 0.05) is 0 Å². The summed E-state index contributed by atoms with van der Waals surface area (Å²) in [7, 11) is 0. The molecular weight excluding hydrogens is 230 g/mol. The van der Waals surface area contributed by atoms with Gasteiger partial charge in [0.1, 0.15) is 11.9 Å². The van der Waals surface area contributed by atoms with Crippen LogP contribution in [0.4, 0.5) is 0 Å². The summed E-state index contributed by atoms with van der Waals surface area (Å²) in [5.74, 6) is 0.201. The van der Waals surface area contributed by atoms with Crippen molar-refractivity contribution in [2.24, 2.45) is 5.73 Å². The average Bonchev–Trinajstić information content (AvgIpc) is 2.27. The molecule has 0 bridgehead atoms. The van der Waals surface area contributed by atoms with E-state index >= 15 is 0 Å². The van der Waals surface area contributed by atoms with Gasteiger partial charge in [0.15, 0.2) is 0 Å². The van der Waals surface area contributed by atoms with E-state index < -0.39 is 12.2 Å². The molecule has 0 saturated heterocycles. The number of aromatic hydroxyl groups is 1. The lowest BCUT2D eigenvalue weighted by Gasteiger charge is -2.24. The van der Waals surface area contributed by atoms with Gasteiger partial charge in [-0.3, -0.25) is 0 Å². The van der Waals surface area contributed by atoms with Crippen LogP contribution in [0.25, 0.3) is 0 Å². The molecule has 1 aromatic rings. The molecule has 0 fully saturated rings. The zero-order valence-electron chi connectivity index (χ0n) is 11.2. The molecule has 0 heterocycles. The highest BCUT2D eigenvalue weighted by molar-refractivity contribution is 5.41. The molecule has 0 amide bonds. The second kappa shape index (κ2) is 5.69. The van der Waals surface area contributed by atoms with Crippen molar-refractivity contribution in [2.45, 2.75) is 44.8 Å². The van der Waals surface area contributed by atoms with Crippen LogP contribution in [0.3, 0.4) is 0 Å². The molecule has 2 atom stereocenters. The third-order valence-corrected chi connectivity index (χ3v) is 3.00. The molecule has 18 heavy (non-hydrogen) atoms. The fourth-order valence-electron chi connectivity index (χ4n) is 1.89. The smallest absolute Gasteiger partial charge is 0.119 e. The fourth-order valence-corrected chi connectivity index (χ4v) is 1.89. The van der Waals surface area contributed by atoms with E-state index in [0.29, 0.717) is 18.5 Å². The summed E-state index contributed by atoms with van der Waals surface area (Å²) in [5.41, 5.74) is 6.48. The van der Waals surface area contributed by atoms with Crippen molar-refractivity contribution in [3.63, 3.8) is 0 Å². The summed E-state index contributed by atoms with van der Waals surface area (Å²) in [4.78, 5) is 0. The lowest BCUT2D eigenvalue weighted by Crippen LogP contribution is -2.22. The van der Waals surface area contributed by atoms with Gasteiger partial charge in [0.2, 0.25) is 0 Å². The van der Waals surface area contributed by atoms with Crippen molar-refractivity contribution < 1.29 is 15.3 Å². The van der Waals surface area contributed by atoms with E-state index in [4.69, 9.17) is 5.73 Å². The molecule has 5 N–H and O–H groups in total. The van der Waals surface area contributed by atoms with Crippen molar-refractivity contribution in [1.82, 2.24) is 0 Å². The highest BCUT2D eigenvalue weighted by atomic mass is 16.3. The first-order valence-corrected chi connectivity index (χ1v) is 6.17. The van der Waals surface area contributed by atoms with Crippen LogP contribution in [0.1, 0.15) is 44.4 Å². The van der Waals surface area contributed by atoms with Gasteiger partial charge in [0.05, 0.1) is 6.10 Å². The maximum atomic E-state index is 10.0. The van der Waals surface area contributed by atoms with Crippen LogP contribution in [0.15, 0.2) is 18.2 Å². The van der Waals surface area contributed by atoms with Gasteiger partial charge in [-0.05, 0) is 41.6 Å². The summed E-state index contributed by atoms with van der Waals surface area (Å²) in [6.45, 7) is 6.26. The monoisotopic (exact) mass is 253 g/mol. The molecule has 1 aromatic carbocycles. The van der Waals surface area contributed by atoms with Gasteiger partial charge in [-0.25, -0.2) is 0 Å². The van der Waals surface area contributed by atoms with Gasteiger partial charge in [-0.15, -0.1) is 0 Å². The Morgan fingerprint density at radius 1 is 1.22 bits per heavy atom. The van der Waals surface area contributed by atoms with Gasteiger partial charge < -0.3 is 21.1 Å². The van der Waals surface area contributed by atoms with E-state index in [2.05, 4.69) is 0 Å². The van der Waals surface area contributed by atoms with E-state index in [0.717, 1.165) is 5.56 Å². The molecular formula is C14H23NO3. The average molecular weight is 253 g/mol. The molecule has 0 aliphatic heterocycles. The predicted molar refractivity (Wildman–Crippen MR) is 71.4 cm³/mol. The number of phenolic OH excluding ortho intramolecular Hbond substituents is 1. The van der Waals surface area contributed by atoms with Crippen LogP contribution in [0, 0.1) is 0 Å². The Labute approximate surface area is 108 Å². The van der Waals surface area contributed by atoms with Crippen molar-refractivity contribution in [3.8, 4) is 5.75 Å². The zero-order chi connectivity index (χ0) is 13.9. The summed E-state index contributed by atoms with van der Waals surface area (Å²) in [6.07, 6.45) is -1.52. The minimum absolute atomic E-state index is 0.201. The number of aliphatic hydroxyl groups excluding tert-OH is 2. The summed E-state index contributed by atoms with van der Waals surface area (Å²) in [6, 6.07) is 4.91. The maximum Gasteiger partial charge on any atom is 0.119 e. The van der Waals surface area contributed by atoms with Crippen LogP contribution in [0.5, 0.6) is 5.75 Å². The first-order chi connectivity index (χ1) is 8.27. The molecule has 0 aliphatic carbocycles. The Morgan fingerprint density at radius 2 is 1.83 bits per heavy atom. The Kier molecular flexibility index (Phi) is 4.73. The van der Waals surface area contributed by atoms with Crippen LogP contribution < -0.4 is 5.73 Å². The van der Waals surface area contributed by atoms with Gasteiger partial charge in [0.25, 0.3) is 0 Å². The van der Waals surface area contributed by atoms with Gasteiger partial charge in [-0.2, -0.15) is 0 Å². The molecule has 102 valence electrons.